The summed E-state index contributed by atoms with van der Waals surface area (Å²) in [5.74, 6) is 1.09. The van der Waals surface area contributed by atoms with E-state index in [0.29, 0.717) is 30.1 Å². The molecule has 0 saturated carbocycles. The highest BCUT2D eigenvalue weighted by molar-refractivity contribution is 6.08. The number of benzene rings is 3. The quantitative estimate of drug-likeness (QED) is 0.411. The van der Waals surface area contributed by atoms with E-state index in [9.17, 15) is 4.79 Å². The van der Waals surface area contributed by atoms with E-state index in [1.807, 2.05) is 91.9 Å². The molecule has 4 aromatic rings. The Labute approximate surface area is 187 Å². The average Bonchev–Trinajstić information content (AvgIpc) is 2.81. The van der Waals surface area contributed by atoms with E-state index in [1.165, 1.54) is 0 Å². The standard InChI is InChI=1S/C27H25N3O2/c1-19-7-2-3-9-23(19)24-10-4-5-11-25(24)27(31)30-21-13-15-22(16-14-21)32-18-17-20-8-6-12-26(28)29-20/h2-16H,17-18H2,1H3,(H2,28,29)(H,30,31). The average molecular weight is 424 g/mol. The van der Waals surface area contributed by atoms with Gasteiger partial charge >= 0.3 is 0 Å². The van der Waals surface area contributed by atoms with Gasteiger partial charge in [0.05, 0.1) is 6.61 Å². The van der Waals surface area contributed by atoms with Crippen molar-refractivity contribution in [2.75, 3.05) is 17.7 Å². The summed E-state index contributed by atoms with van der Waals surface area (Å²) in [5.41, 5.74) is 11.0. The van der Waals surface area contributed by atoms with Gasteiger partial charge in [0, 0.05) is 23.4 Å². The summed E-state index contributed by atoms with van der Waals surface area (Å²) in [6.45, 7) is 2.54. The zero-order chi connectivity index (χ0) is 22.3. The molecule has 1 aromatic heterocycles. The first-order chi connectivity index (χ1) is 15.6. The highest BCUT2D eigenvalue weighted by Gasteiger charge is 2.14. The molecule has 0 unspecified atom stereocenters. The first-order valence-electron chi connectivity index (χ1n) is 10.5. The van der Waals surface area contributed by atoms with Gasteiger partial charge in [0.2, 0.25) is 0 Å². The minimum atomic E-state index is -0.148. The molecule has 5 heteroatoms. The normalized spacial score (nSPS) is 10.5. The molecule has 0 aliphatic rings. The van der Waals surface area contributed by atoms with E-state index in [1.54, 1.807) is 6.07 Å². The molecule has 1 heterocycles. The van der Waals surface area contributed by atoms with Crippen molar-refractivity contribution < 1.29 is 9.53 Å². The lowest BCUT2D eigenvalue weighted by atomic mass is 9.95. The van der Waals surface area contributed by atoms with Gasteiger partial charge in [-0.1, -0.05) is 48.5 Å². The lowest BCUT2D eigenvalue weighted by Crippen LogP contribution is -2.13. The predicted molar refractivity (Wildman–Crippen MR) is 129 cm³/mol. The summed E-state index contributed by atoms with van der Waals surface area (Å²) in [7, 11) is 0. The van der Waals surface area contributed by atoms with Crippen LogP contribution in [0.3, 0.4) is 0 Å². The molecule has 0 atom stereocenters. The molecule has 3 aromatic carbocycles. The fourth-order valence-electron chi connectivity index (χ4n) is 3.53. The third-order valence-corrected chi connectivity index (χ3v) is 5.17. The van der Waals surface area contributed by atoms with Crippen LogP contribution in [0.4, 0.5) is 11.5 Å². The molecular weight excluding hydrogens is 398 g/mol. The number of anilines is 2. The molecule has 0 aliphatic carbocycles. The van der Waals surface area contributed by atoms with E-state index in [-0.39, 0.29) is 5.91 Å². The van der Waals surface area contributed by atoms with E-state index < -0.39 is 0 Å². The van der Waals surface area contributed by atoms with Gasteiger partial charge in [-0.15, -0.1) is 0 Å². The molecular formula is C27H25N3O2. The lowest BCUT2D eigenvalue weighted by Gasteiger charge is -2.13. The van der Waals surface area contributed by atoms with Crippen molar-refractivity contribution in [1.29, 1.82) is 0 Å². The van der Waals surface area contributed by atoms with Crippen LogP contribution >= 0.6 is 0 Å². The number of nitrogen functional groups attached to an aromatic ring is 1. The molecule has 0 radical (unpaired) electrons. The van der Waals surface area contributed by atoms with E-state index in [4.69, 9.17) is 10.5 Å². The van der Waals surface area contributed by atoms with Gasteiger partial charge in [0.25, 0.3) is 5.91 Å². The number of nitrogens with zero attached hydrogens (tertiary/aromatic N) is 1. The Morgan fingerprint density at radius 3 is 2.34 bits per heavy atom. The number of ether oxygens (including phenoxy) is 1. The van der Waals surface area contributed by atoms with Crippen LogP contribution in [0.5, 0.6) is 5.75 Å². The van der Waals surface area contributed by atoms with Gasteiger partial charge < -0.3 is 15.8 Å². The van der Waals surface area contributed by atoms with Crippen LogP contribution in [-0.4, -0.2) is 17.5 Å². The highest BCUT2D eigenvalue weighted by atomic mass is 16.5. The summed E-state index contributed by atoms with van der Waals surface area (Å²) in [4.78, 5) is 17.3. The molecule has 0 fully saturated rings. The first-order valence-corrected chi connectivity index (χ1v) is 10.5. The maximum atomic E-state index is 13.0. The Kier molecular flexibility index (Phi) is 6.46. The van der Waals surface area contributed by atoms with Crippen LogP contribution in [0.1, 0.15) is 21.6 Å². The molecule has 1 amide bonds. The Bertz CT molecular complexity index is 1220. The summed E-state index contributed by atoms with van der Waals surface area (Å²) >= 11 is 0. The first kappa shape index (κ1) is 21.1. The van der Waals surface area contributed by atoms with Crippen LogP contribution in [0.15, 0.2) is 91.0 Å². The van der Waals surface area contributed by atoms with Crippen molar-refractivity contribution >= 4 is 17.4 Å². The summed E-state index contributed by atoms with van der Waals surface area (Å²) in [6, 6.07) is 28.6. The number of carbonyl (C=O) groups excluding carboxylic acids is 1. The summed E-state index contributed by atoms with van der Waals surface area (Å²) in [6.07, 6.45) is 0.666. The smallest absolute Gasteiger partial charge is 0.256 e. The third-order valence-electron chi connectivity index (χ3n) is 5.17. The summed E-state index contributed by atoms with van der Waals surface area (Å²) in [5, 5.41) is 2.98. The van der Waals surface area contributed by atoms with Crippen LogP contribution in [0, 0.1) is 6.92 Å². The topological polar surface area (TPSA) is 77.2 Å². The van der Waals surface area contributed by atoms with Gasteiger partial charge in [-0.25, -0.2) is 4.98 Å². The van der Waals surface area contributed by atoms with Crippen LogP contribution in [-0.2, 0) is 6.42 Å². The molecule has 0 saturated heterocycles. The molecule has 0 aliphatic heterocycles. The van der Waals surface area contributed by atoms with Gasteiger partial charge in [-0.3, -0.25) is 4.79 Å². The third kappa shape index (κ3) is 5.13. The minimum absolute atomic E-state index is 0.148. The Morgan fingerprint density at radius 1 is 0.875 bits per heavy atom. The second kappa shape index (κ2) is 9.79. The van der Waals surface area contributed by atoms with Crippen molar-refractivity contribution in [2.24, 2.45) is 0 Å². The van der Waals surface area contributed by atoms with E-state index >= 15 is 0 Å². The summed E-state index contributed by atoms with van der Waals surface area (Å²) < 4.78 is 5.79. The fraction of sp³-hybridized carbons (Fsp3) is 0.111. The highest BCUT2D eigenvalue weighted by Crippen LogP contribution is 2.27. The monoisotopic (exact) mass is 423 g/mol. The number of pyridine rings is 1. The predicted octanol–water partition coefficient (Wildman–Crippen LogP) is 5.51. The van der Waals surface area contributed by atoms with Gasteiger partial charge in [-0.2, -0.15) is 0 Å². The van der Waals surface area contributed by atoms with Crippen LogP contribution in [0.25, 0.3) is 11.1 Å². The van der Waals surface area contributed by atoms with Crippen molar-refractivity contribution in [2.45, 2.75) is 13.3 Å². The molecule has 0 spiro atoms. The van der Waals surface area contributed by atoms with Crippen LogP contribution in [0.2, 0.25) is 0 Å². The van der Waals surface area contributed by atoms with E-state index in [0.717, 1.165) is 28.1 Å². The molecule has 5 nitrogen and oxygen atoms in total. The second-order valence-corrected chi connectivity index (χ2v) is 7.49. The van der Waals surface area contributed by atoms with Crippen molar-refractivity contribution in [3.8, 4) is 16.9 Å². The fourth-order valence-corrected chi connectivity index (χ4v) is 3.53. The number of aromatic nitrogens is 1. The molecule has 32 heavy (non-hydrogen) atoms. The SMILES string of the molecule is Cc1ccccc1-c1ccccc1C(=O)Nc1ccc(OCCc2cccc(N)n2)cc1. The number of hydrogen-bond donors (Lipinski definition) is 2. The van der Waals surface area contributed by atoms with Gasteiger partial charge in [0.1, 0.15) is 11.6 Å². The van der Waals surface area contributed by atoms with E-state index in [2.05, 4.69) is 10.3 Å². The number of rotatable bonds is 7. The van der Waals surface area contributed by atoms with Gasteiger partial charge in [0.15, 0.2) is 0 Å². The largest absolute Gasteiger partial charge is 0.493 e. The Balaban J connectivity index is 1.40. The van der Waals surface area contributed by atoms with Crippen molar-refractivity contribution in [3.63, 3.8) is 0 Å². The molecule has 4 rings (SSSR count). The zero-order valence-electron chi connectivity index (χ0n) is 17.9. The van der Waals surface area contributed by atoms with Crippen LogP contribution < -0.4 is 15.8 Å². The second-order valence-electron chi connectivity index (χ2n) is 7.49. The minimum Gasteiger partial charge on any atom is -0.493 e. The molecule has 3 N–H and O–H groups in total. The zero-order valence-corrected chi connectivity index (χ0v) is 17.9. The maximum absolute atomic E-state index is 13.0. The molecule has 160 valence electrons. The molecule has 0 bridgehead atoms. The maximum Gasteiger partial charge on any atom is 0.256 e. The number of carbonyl (C=O) groups is 1. The number of hydrogen-bond acceptors (Lipinski definition) is 4. The Hall–Kier alpha value is -4.12. The lowest BCUT2D eigenvalue weighted by molar-refractivity contribution is 0.102. The Morgan fingerprint density at radius 2 is 1.59 bits per heavy atom. The van der Waals surface area contributed by atoms with Gasteiger partial charge in [-0.05, 0) is 66.1 Å². The number of amides is 1. The number of aryl methyl sites for hydroxylation is 1. The number of nitrogens with one attached hydrogen (secondary N) is 1. The van der Waals surface area contributed by atoms with Crippen molar-refractivity contribution in [3.05, 3.63) is 108 Å². The van der Waals surface area contributed by atoms with Crippen molar-refractivity contribution in [1.82, 2.24) is 4.98 Å². The number of nitrogens with two attached hydrogens (primary N) is 1.